The van der Waals surface area contributed by atoms with E-state index in [1.807, 2.05) is 48.2 Å². The highest BCUT2D eigenvalue weighted by molar-refractivity contribution is 6.06. The van der Waals surface area contributed by atoms with Crippen LogP contribution in [0.2, 0.25) is 0 Å². The van der Waals surface area contributed by atoms with Gasteiger partial charge < -0.3 is 19.6 Å². The molecule has 7 nitrogen and oxygen atoms in total. The van der Waals surface area contributed by atoms with Gasteiger partial charge in [0.05, 0.1) is 25.0 Å². The van der Waals surface area contributed by atoms with Crippen molar-refractivity contribution in [2.24, 2.45) is 10.9 Å². The monoisotopic (exact) mass is 518 g/mol. The van der Waals surface area contributed by atoms with E-state index in [0.717, 1.165) is 46.7 Å². The number of nitrogens with one attached hydrogen (secondary N) is 1. The van der Waals surface area contributed by atoms with Gasteiger partial charge in [-0.25, -0.2) is 9.67 Å². The number of aliphatic imine (C=N–C) groups is 1. The molecule has 0 aliphatic heterocycles. The molecule has 0 saturated carbocycles. The minimum atomic E-state index is 0.264. The molecule has 0 amide bonds. The second-order valence-corrected chi connectivity index (χ2v) is 9.96. The average Bonchev–Trinajstić information content (AvgIpc) is 3.28. The molecule has 2 aromatic carbocycles. The molecule has 204 valence electrons. The standard InChI is InChI=1S/C31H42N4O3/c1-9-10-15-33-31-29(23(6)32)30(24-12-11-21(4)28(18-24)37-8)34-35(31)25-13-14-27(38-17-16-36-7)26(19-25)22(5)20(2)3/h11-15,18-20,22,32H,9-10,16-17H2,1-8H3. The fourth-order valence-electron chi connectivity index (χ4n) is 4.25. The predicted octanol–water partition coefficient (Wildman–Crippen LogP) is 7.53. The van der Waals surface area contributed by atoms with Gasteiger partial charge in [0.2, 0.25) is 0 Å². The van der Waals surface area contributed by atoms with Crippen LogP contribution in [0.4, 0.5) is 5.82 Å². The average molecular weight is 519 g/mol. The number of nitrogens with zero attached hydrogens (tertiary/aromatic N) is 3. The van der Waals surface area contributed by atoms with Gasteiger partial charge in [-0.05, 0) is 67.5 Å². The van der Waals surface area contributed by atoms with Crippen molar-refractivity contribution in [2.45, 2.75) is 60.3 Å². The lowest BCUT2D eigenvalue weighted by molar-refractivity contribution is 0.145. The van der Waals surface area contributed by atoms with E-state index in [1.54, 1.807) is 21.1 Å². The molecule has 0 spiro atoms. The summed E-state index contributed by atoms with van der Waals surface area (Å²) < 4.78 is 18.7. The Kier molecular flexibility index (Phi) is 10.2. The second-order valence-electron chi connectivity index (χ2n) is 9.96. The van der Waals surface area contributed by atoms with Crippen LogP contribution in [0.25, 0.3) is 16.9 Å². The number of hydrogen-bond acceptors (Lipinski definition) is 6. The summed E-state index contributed by atoms with van der Waals surface area (Å²) in [5, 5.41) is 13.7. The Morgan fingerprint density at radius 2 is 1.84 bits per heavy atom. The first-order chi connectivity index (χ1) is 18.2. The number of hydrogen-bond donors (Lipinski definition) is 1. The molecule has 0 bridgehead atoms. The summed E-state index contributed by atoms with van der Waals surface area (Å²) in [7, 11) is 3.34. The molecular formula is C31H42N4O3. The molecule has 1 heterocycles. The molecule has 0 radical (unpaired) electrons. The molecular weight excluding hydrogens is 476 g/mol. The van der Waals surface area contributed by atoms with Gasteiger partial charge in [0.15, 0.2) is 5.82 Å². The lowest BCUT2D eigenvalue weighted by atomic mass is 9.89. The molecule has 0 aliphatic carbocycles. The molecule has 0 fully saturated rings. The van der Waals surface area contributed by atoms with Crippen molar-refractivity contribution in [3.63, 3.8) is 0 Å². The predicted molar refractivity (Wildman–Crippen MR) is 156 cm³/mol. The molecule has 38 heavy (non-hydrogen) atoms. The number of aryl methyl sites for hydroxylation is 1. The van der Waals surface area contributed by atoms with Crippen LogP contribution in [0, 0.1) is 18.3 Å². The second kappa shape index (κ2) is 13.4. The third-order valence-electron chi connectivity index (χ3n) is 6.82. The molecule has 1 aromatic heterocycles. The Morgan fingerprint density at radius 3 is 2.47 bits per heavy atom. The maximum atomic E-state index is 8.67. The number of methoxy groups -OCH3 is 2. The van der Waals surface area contributed by atoms with Crippen LogP contribution in [0.3, 0.4) is 0 Å². The Bertz CT molecular complexity index is 1280. The zero-order chi connectivity index (χ0) is 27.8. The molecule has 3 aromatic rings. The molecule has 0 saturated heterocycles. The molecule has 1 unspecified atom stereocenters. The smallest absolute Gasteiger partial charge is 0.165 e. The minimum Gasteiger partial charge on any atom is -0.496 e. The fraction of sp³-hybridized carbons (Fsp3) is 0.452. The van der Waals surface area contributed by atoms with Gasteiger partial charge in [0.1, 0.15) is 23.8 Å². The van der Waals surface area contributed by atoms with Gasteiger partial charge >= 0.3 is 0 Å². The summed E-state index contributed by atoms with van der Waals surface area (Å²) in [4.78, 5) is 4.85. The quantitative estimate of drug-likeness (QED) is 0.187. The van der Waals surface area contributed by atoms with Gasteiger partial charge in [-0.1, -0.05) is 46.2 Å². The number of ether oxygens (including phenoxy) is 3. The van der Waals surface area contributed by atoms with Crippen LogP contribution in [0.5, 0.6) is 11.5 Å². The van der Waals surface area contributed by atoms with Gasteiger partial charge in [0.25, 0.3) is 0 Å². The van der Waals surface area contributed by atoms with E-state index >= 15 is 0 Å². The summed E-state index contributed by atoms with van der Waals surface area (Å²) in [5.41, 5.74) is 5.74. The maximum Gasteiger partial charge on any atom is 0.165 e. The number of unbranched alkanes of at least 4 members (excludes halogenated alkanes) is 1. The van der Waals surface area contributed by atoms with Gasteiger partial charge in [-0.3, -0.25) is 0 Å². The van der Waals surface area contributed by atoms with Crippen molar-refractivity contribution in [3.8, 4) is 28.4 Å². The maximum absolute atomic E-state index is 8.67. The van der Waals surface area contributed by atoms with E-state index in [1.165, 1.54) is 0 Å². The first kappa shape index (κ1) is 29.1. The third-order valence-corrected chi connectivity index (χ3v) is 6.82. The van der Waals surface area contributed by atoms with E-state index in [4.69, 9.17) is 29.7 Å². The van der Waals surface area contributed by atoms with Crippen LogP contribution in [-0.2, 0) is 4.74 Å². The van der Waals surface area contributed by atoms with Crippen LogP contribution in [0.15, 0.2) is 41.4 Å². The van der Waals surface area contributed by atoms with Crippen LogP contribution >= 0.6 is 0 Å². The summed E-state index contributed by atoms with van der Waals surface area (Å²) >= 11 is 0. The summed E-state index contributed by atoms with van der Waals surface area (Å²) in [5.74, 6) is 2.97. The van der Waals surface area contributed by atoms with Crippen molar-refractivity contribution in [1.82, 2.24) is 9.78 Å². The Labute approximate surface area is 227 Å². The van der Waals surface area contributed by atoms with Crippen molar-refractivity contribution >= 4 is 17.7 Å². The normalized spacial score (nSPS) is 12.3. The Morgan fingerprint density at radius 1 is 1.08 bits per heavy atom. The van der Waals surface area contributed by atoms with E-state index in [0.29, 0.717) is 41.9 Å². The summed E-state index contributed by atoms with van der Waals surface area (Å²) in [6.45, 7) is 13.6. The largest absolute Gasteiger partial charge is 0.496 e. The third kappa shape index (κ3) is 6.51. The van der Waals surface area contributed by atoms with Gasteiger partial charge in [-0.2, -0.15) is 5.10 Å². The Balaban J connectivity index is 2.26. The lowest BCUT2D eigenvalue weighted by Crippen LogP contribution is -2.10. The Hall–Kier alpha value is -3.45. The van der Waals surface area contributed by atoms with Crippen LogP contribution < -0.4 is 9.47 Å². The molecule has 3 rings (SSSR count). The van der Waals surface area contributed by atoms with Crippen molar-refractivity contribution in [1.29, 1.82) is 5.41 Å². The van der Waals surface area contributed by atoms with Crippen molar-refractivity contribution < 1.29 is 14.2 Å². The van der Waals surface area contributed by atoms with E-state index in [9.17, 15) is 0 Å². The first-order valence-electron chi connectivity index (χ1n) is 13.4. The molecule has 7 heteroatoms. The van der Waals surface area contributed by atoms with E-state index in [2.05, 4.69) is 33.8 Å². The van der Waals surface area contributed by atoms with Gasteiger partial charge in [-0.15, -0.1) is 0 Å². The molecule has 1 N–H and O–H groups in total. The first-order valence-corrected chi connectivity index (χ1v) is 13.4. The number of rotatable bonds is 13. The summed E-state index contributed by atoms with van der Waals surface area (Å²) in [6, 6.07) is 12.2. The molecule has 1 atom stereocenters. The fourth-order valence-corrected chi connectivity index (χ4v) is 4.25. The topological polar surface area (TPSA) is 81.7 Å². The zero-order valence-electron chi connectivity index (χ0n) is 24.1. The van der Waals surface area contributed by atoms with Crippen LogP contribution in [0.1, 0.15) is 70.1 Å². The van der Waals surface area contributed by atoms with Crippen LogP contribution in [-0.4, -0.2) is 49.1 Å². The highest BCUT2D eigenvalue weighted by Gasteiger charge is 2.24. The highest BCUT2D eigenvalue weighted by atomic mass is 16.5. The molecule has 0 aliphatic rings. The van der Waals surface area contributed by atoms with Gasteiger partial charge in [0, 0.05) is 24.6 Å². The lowest BCUT2D eigenvalue weighted by Gasteiger charge is -2.21. The number of benzene rings is 2. The summed E-state index contributed by atoms with van der Waals surface area (Å²) in [6.07, 6.45) is 3.75. The van der Waals surface area contributed by atoms with E-state index in [-0.39, 0.29) is 5.92 Å². The highest BCUT2D eigenvalue weighted by Crippen LogP contribution is 2.38. The van der Waals surface area contributed by atoms with Crippen molar-refractivity contribution in [2.75, 3.05) is 27.4 Å². The van der Waals surface area contributed by atoms with E-state index < -0.39 is 0 Å². The number of aromatic nitrogens is 2. The zero-order valence-corrected chi connectivity index (χ0v) is 24.1. The minimum absolute atomic E-state index is 0.264. The SMILES string of the molecule is CCCC=Nc1c(C(C)=N)c(-c2ccc(C)c(OC)c2)nn1-c1ccc(OCCOC)c(C(C)C(C)C)c1. The van der Waals surface area contributed by atoms with Crippen molar-refractivity contribution in [3.05, 3.63) is 53.1 Å².